The van der Waals surface area contributed by atoms with E-state index in [-0.39, 0.29) is 13.0 Å². The van der Waals surface area contributed by atoms with Gasteiger partial charge < -0.3 is 11.1 Å². The summed E-state index contributed by atoms with van der Waals surface area (Å²) >= 11 is 0. The van der Waals surface area contributed by atoms with E-state index in [1.165, 1.54) is 0 Å². The highest BCUT2D eigenvalue weighted by Gasteiger charge is 2.28. The van der Waals surface area contributed by atoms with Gasteiger partial charge in [0.2, 0.25) is 0 Å². The van der Waals surface area contributed by atoms with E-state index in [4.69, 9.17) is 5.73 Å². The normalized spacial score (nSPS) is 11.4. The van der Waals surface area contributed by atoms with Crippen molar-refractivity contribution in [2.45, 2.75) is 12.8 Å². The molecule has 16 heavy (non-hydrogen) atoms. The molecule has 0 aliphatic heterocycles. The Bertz CT molecular complexity index is 311. The van der Waals surface area contributed by atoms with E-state index < -0.39 is 6.36 Å². The summed E-state index contributed by atoms with van der Waals surface area (Å²) < 4.78 is 38.4. The molecule has 0 bridgehead atoms. The first-order valence-electron chi connectivity index (χ1n) is 4.77. The minimum atomic E-state index is -4.54. The van der Waals surface area contributed by atoms with Crippen LogP contribution in [0.4, 0.5) is 24.5 Å². The number of halogens is 3. The summed E-state index contributed by atoms with van der Waals surface area (Å²) in [5, 5.41) is 2.96. The van der Waals surface area contributed by atoms with Crippen LogP contribution in [0.25, 0.3) is 0 Å². The summed E-state index contributed by atoms with van der Waals surface area (Å²) in [7, 11) is 0. The predicted octanol–water partition coefficient (Wildman–Crippen LogP) is 2.61. The minimum absolute atomic E-state index is 0.282. The van der Waals surface area contributed by atoms with Crippen molar-refractivity contribution in [3.05, 3.63) is 24.3 Å². The second kappa shape index (κ2) is 5.60. The molecular weight excluding hydrogens is 221 g/mol. The highest BCUT2D eigenvalue weighted by molar-refractivity contribution is 5.50. The molecule has 6 heteroatoms. The number of nitrogens with two attached hydrogens (primary N) is 1. The fourth-order valence-electron chi connectivity index (χ4n) is 1.09. The molecule has 0 aliphatic rings. The third-order valence-electron chi connectivity index (χ3n) is 1.83. The molecule has 0 aromatic heterocycles. The Morgan fingerprint density at radius 1 is 1.19 bits per heavy atom. The number of alkyl halides is 3. The van der Waals surface area contributed by atoms with Gasteiger partial charge >= 0.3 is 6.36 Å². The summed E-state index contributed by atoms with van der Waals surface area (Å²) in [4.78, 5) is 0. The monoisotopic (exact) mass is 234 g/mol. The molecule has 1 aromatic rings. The Balaban J connectivity index is 2.14. The maximum absolute atomic E-state index is 11.6. The van der Waals surface area contributed by atoms with E-state index in [1.807, 2.05) is 0 Å². The van der Waals surface area contributed by atoms with Crippen LogP contribution in [0.15, 0.2) is 24.3 Å². The predicted molar refractivity (Wildman–Crippen MR) is 56.0 cm³/mol. The average molecular weight is 234 g/mol. The second-order valence-corrected chi connectivity index (χ2v) is 3.20. The first-order valence-corrected chi connectivity index (χ1v) is 4.77. The standard InChI is InChI=1S/C10H13F3N2O/c11-10(12,13)16-7-1-6-15-9-4-2-8(14)3-5-9/h2-5,15H,1,6-7,14H2. The molecule has 1 rings (SSSR count). The maximum atomic E-state index is 11.6. The number of nitrogens with one attached hydrogen (secondary N) is 1. The first-order chi connectivity index (χ1) is 7.47. The molecule has 3 N–H and O–H groups in total. The molecular formula is C10H13F3N2O. The molecule has 0 saturated carbocycles. The van der Waals surface area contributed by atoms with E-state index in [2.05, 4.69) is 10.1 Å². The first kappa shape index (κ1) is 12.6. The van der Waals surface area contributed by atoms with Gasteiger partial charge in [-0.15, -0.1) is 13.2 Å². The zero-order chi connectivity index (χ0) is 12.0. The quantitative estimate of drug-likeness (QED) is 0.608. The minimum Gasteiger partial charge on any atom is -0.399 e. The molecule has 0 radical (unpaired) electrons. The van der Waals surface area contributed by atoms with Gasteiger partial charge in [0.05, 0.1) is 6.61 Å². The van der Waals surface area contributed by atoms with Crippen LogP contribution < -0.4 is 11.1 Å². The largest absolute Gasteiger partial charge is 0.522 e. The van der Waals surface area contributed by atoms with Crippen LogP contribution in [0.3, 0.4) is 0 Å². The molecule has 0 saturated heterocycles. The molecule has 0 aliphatic carbocycles. The zero-order valence-electron chi connectivity index (χ0n) is 8.55. The van der Waals surface area contributed by atoms with Crippen LogP contribution in [-0.4, -0.2) is 19.5 Å². The van der Waals surface area contributed by atoms with E-state index in [1.54, 1.807) is 24.3 Å². The Labute approximate surface area is 91.4 Å². The van der Waals surface area contributed by atoms with Crippen molar-refractivity contribution >= 4 is 11.4 Å². The van der Waals surface area contributed by atoms with Gasteiger partial charge in [-0.05, 0) is 30.7 Å². The Kier molecular flexibility index (Phi) is 4.42. The number of nitrogen functional groups attached to an aromatic ring is 1. The van der Waals surface area contributed by atoms with E-state index in [0.29, 0.717) is 12.2 Å². The fourth-order valence-corrected chi connectivity index (χ4v) is 1.09. The van der Waals surface area contributed by atoms with Crippen molar-refractivity contribution in [3.63, 3.8) is 0 Å². The third kappa shape index (κ3) is 5.45. The number of hydrogen-bond acceptors (Lipinski definition) is 3. The highest BCUT2D eigenvalue weighted by atomic mass is 19.4. The van der Waals surface area contributed by atoms with Gasteiger partial charge in [-0.3, -0.25) is 4.74 Å². The Morgan fingerprint density at radius 3 is 2.38 bits per heavy atom. The summed E-state index contributed by atoms with van der Waals surface area (Å²) in [6, 6.07) is 6.96. The van der Waals surface area contributed by atoms with Crippen molar-refractivity contribution in [2.75, 3.05) is 24.2 Å². The molecule has 90 valence electrons. The van der Waals surface area contributed by atoms with Crippen molar-refractivity contribution < 1.29 is 17.9 Å². The Hall–Kier alpha value is -1.43. The van der Waals surface area contributed by atoms with Crippen molar-refractivity contribution in [2.24, 2.45) is 0 Å². The van der Waals surface area contributed by atoms with Crippen LogP contribution >= 0.6 is 0 Å². The SMILES string of the molecule is Nc1ccc(NCCCOC(F)(F)F)cc1. The molecule has 0 spiro atoms. The summed E-state index contributed by atoms with van der Waals surface area (Å²) in [6.45, 7) is 0.0749. The number of hydrogen-bond donors (Lipinski definition) is 2. The highest BCUT2D eigenvalue weighted by Crippen LogP contribution is 2.16. The smallest absolute Gasteiger partial charge is 0.399 e. The van der Waals surface area contributed by atoms with Gasteiger partial charge in [-0.1, -0.05) is 0 Å². The number of benzene rings is 1. The van der Waals surface area contributed by atoms with Gasteiger partial charge in [0.25, 0.3) is 0 Å². The van der Waals surface area contributed by atoms with Gasteiger partial charge in [0, 0.05) is 17.9 Å². The lowest BCUT2D eigenvalue weighted by atomic mass is 10.3. The lowest BCUT2D eigenvalue weighted by molar-refractivity contribution is -0.324. The van der Waals surface area contributed by atoms with Gasteiger partial charge in [0.1, 0.15) is 0 Å². The molecule has 1 aromatic carbocycles. The van der Waals surface area contributed by atoms with Crippen molar-refractivity contribution in [1.82, 2.24) is 0 Å². The lowest BCUT2D eigenvalue weighted by Gasteiger charge is -2.08. The van der Waals surface area contributed by atoms with E-state index in [9.17, 15) is 13.2 Å². The summed E-state index contributed by atoms with van der Waals surface area (Å²) in [6.07, 6.45) is -4.26. The number of ether oxygens (including phenoxy) is 1. The number of rotatable bonds is 5. The van der Waals surface area contributed by atoms with Crippen LogP contribution in [0, 0.1) is 0 Å². The van der Waals surface area contributed by atoms with Gasteiger partial charge in [0.15, 0.2) is 0 Å². The topological polar surface area (TPSA) is 47.3 Å². The lowest BCUT2D eigenvalue weighted by Crippen LogP contribution is -2.16. The second-order valence-electron chi connectivity index (χ2n) is 3.20. The van der Waals surface area contributed by atoms with Crippen molar-refractivity contribution in [1.29, 1.82) is 0 Å². The molecule has 0 amide bonds. The van der Waals surface area contributed by atoms with E-state index >= 15 is 0 Å². The number of anilines is 2. The summed E-state index contributed by atoms with van der Waals surface area (Å²) in [5.74, 6) is 0. The van der Waals surface area contributed by atoms with Crippen molar-refractivity contribution in [3.8, 4) is 0 Å². The van der Waals surface area contributed by atoms with Gasteiger partial charge in [-0.25, -0.2) is 0 Å². The average Bonchev–Trinajstić information content (AvgIpc) is 2.19. The summed E-state index contributed by atoms with van der Waals surface area (Å²) in [5.41, 5.74) is 6.94. The van der Waals surface area contributed by atoms with Gasteiger partial charge in [-0.2, -0.15) is 0 Å². The van der Waals surface area contributed by atoms with Crippen LogP contribution in [0.1, 0.15) is 6.42 Å². The molecule has 0 fully saturated rings. The Morgan fingerprint density at radius 2 is 1.81 bits per heavy atom. The van der Waals surface area contributed by atoms with E-state index in [0.717, 1.165) is 5.69 Å². The molecule has 3 nitrogen and oxygen atoms in total. The third-order valence-corrected chi connectivity index (χ3v) is 1.83. The molecule has 0 unspecified atom stereocenters. The van der Waals surface area contributed by atoms with Crippen LogP contribution in [0.5, 0.6) is 0 Å². The maximum Gasteiger partial charge on any atom is 0.522 e. The zero-order valence-corrected chi connectivity index (χ0v) is 8.55. The fraction of sp³-hybridized carbons (Fsp3) is 0.400. The van der Waals surface area contributed by atoms with Crippen LogP contribution in [-0.2, 0) is 4.74 Å². The molecule has 0 heterocycles. The molecule has 0 atom stereocenters. The van der Waals surface area contributed by atoms with Crippen LogP contribution in [0.2, 0.25) is 0 Å².